The van der Waals surface area contributed by atoms with Crippen molar-refractivity contribution < 1.29 is 27.5 Å². The van der Waals surface area contributed by atoms with E-state index < -0.39 is 40.5 Å². The fourth-order valence-corrected chi connectivity index (χ4v) is 5.05. The molecule has 0 N–H and O–H groups in total. The van der Waals surface area contributed by atoms with Crippen LogP contribution in [0.2, 0.25) is 10.0 Å². The standard InChI is InChI=1S/C17H21Cl2NO6S/c1-3-20(13-6-7-27(23,24)10-13)17(22)11(2)26-16(21)9-25-15-5-4-12(18)8-14(15)19/h4-5,8,11,13H,3,6-7,9-10H2,1-2H3. The highest BCUT2D eigenvalue weighted by Gasteiger charge is 2.36. The second-order valence-corrected chi connectivity index (χ2v) is 9.25. The SMILES string of the molecule is CCN(C(=O)C(C)OC(=O)COc1ccc(Cl)cc1Cl)C1CCS(=O)(=O)C1. The maximum atomic E-state index is 12.6. The molecule has 1 aromatic rings. The van der Waals surface area contributed by atoms with E-state index in [4.69, 9.17) is 32.7 Å². The van der Waals surface area contributed by atoms with Crippen LogP contribution in [0.25, 0.3) is 0 Å². The topological polar surface area (TPSA) is 90.0 Å². The fraction of sp³-hybridized carbons (Fsp3) is 0.529. The van der Waals surface area contributed by atoms with E-state index in [9.17, 15) is 18.0 Å². The van der Waals surface area contributed by atoms with Crippen molar-refractivity contribution >= 4 is 44.9 Å². The molecule has 27 heavy (non-hydrogen) atoms. The Balaban J connectivity index is 1.89. The van der Waals surface area contributed by atoms with E-state index in [0.717, 1.165) is 0 Å². The first-order valence-electron chi connectivity index (χ1n) is 8.41. The van der Waals surface area contributed by atoms with Crippen molar-refractivity contribution in [3.63, 3.8) is 0 Å². The summed E-state index contributed by atoms with van der Waals surface area (Å²) in [7, 11) is -3.12. The van der Waals surface area contributed by atoms with Crippen LogP contribution in [0.1, 0.15) is 20.3 Å². The van der Waals surface area contributed by atoms with Crippen LogP contribution in [-0.2, 0) is 24.2 Å². The summed E-state index contributed by atoms with van der Waals surface area (Å²) in [6.07, 6.45) is -0.661. The van der Waals surface area contributed by atoms with E-state index in [0.29, 0.717) is 18.0 Å². The molecule has 10 heteroatoms. The van der Waals surface area contributed by atoms with Gasteiger partial charge in [0, 0.05) is 17.6 Å². The number of carbonyl (C=O) groups excluding carboxylic acids is 2. The minimum atomic E-state index is -3.12. The monoisotopic (exact) mass is 437 g/mol. The summed E-state index contributed by atoms with van der Waals surface area (Å²) in [5.74, 6) is -0.908. The minimum Gasteiger partial charge on any atom is -0.480 e. The average Bonchev–Trinajstić information content (AvgIpc) is 2.94. The van der Waals surface area contributed by atoms with Gasteiger partial charge in [-0.2, -0.15) is 0 Å². The summed E-state index contributed by atoms with van der Waals surface area (Å²) >= 11 is 11.7. The highest BCUT2D eigenvalue weighted by molar-refractivity contribution is 7.91. The lowest BCUT2D eigenvalue weighted by molar-refractivity contribution is -0.161. The average molecular weight is 438 g/mol. The predicted octanol–water partition coefficient (Wildman–Crippen LogP) is 2.34. The summed E-state index contributed by atoms with van der Waals surface area (Å²) in [5.41, 5.74) is 0. The van der Waals surface area contributed by atoms with Gasteiger partial charge in [-0.3, -0.25) is 4.79 Å². The van der Waals surface area contributed by atoms with Gasteiger partial charge in [-0.05, 0) is 38.5 Å². The van der Waals surface area contributed by atoms with Crippen molar-refractivity contribution in [1.82, 2.24) is 4.90 Å². The highest BCUT2D eigenvalue weighted by atomic mass is 35.5. The molecule has 1 aliphatic heterocycles. The second kappa shape index (κ2) is 9.12. The summed E-state index contributed by atoms with van der Waals surface area (Å²) in [5, 5.41) is 0.682. The van der Waals surface area contributed by atoms with E-state index in [1.165, 1.54) is 24.0 Å². The number of sulfone groups is 1. The normalized spacial score (nSPS) is 19.3. The Labute approximate surface area is 168 Å². The first kappa shape index (κ1) is 21.8. The number of ether oxygens (including phenoxy) is 2. The molecule has 2 atom stereocenters. The van der Waals surface area contributed by atoms with Crippen molar-refractivity contribution in [2.75, 3.05) is 24.7 Å². The van der Waals surface area contributed by atoms with Gasteiger partial charge >= 0.3 is 5.97 Å². The smallest absolute Gasteiger partial charge is 0.344 e. The van der Waals surface area contributed by atoms with Crippen LogP contribution < -0.4 is 4.74 Å². The van der Waals surface area contributed by atoms with Crippen molar-refractivity contribution in [2.24, 2.45) is 0 Å². The Kier molecular flexibility index (Phi) is 7.36. The Morgan fingerprint density at radius 2 is 2.04 bits per heavy atom. The molecule has 0 radical (unpaired) electrons. The van der Waals surface area contributed by atoms with Crippen LogP contribution in [-0.4, -0.2) is 62.0 Å². The summed E-state index contributed by atoms with van der Waals surface area (Å²) in [6.45, 7) is 3.10. The molecule has 0 spiro atoms. The van der Waals surface area contributed by atoms with E-state index in [1.54, 1.807) is 13.0 Å². The van der Waals surface area contributed by atoms with Gasteiger partial charge in [-0.25, -0.2) is 13.2 Å². The van der Waals surface area contributed by atoms with Gasteiger partial charge in [0.25, 0.3) is 5.91 Å². The van der Waals surface area contributed by atoms with E-state index >= 15 is 0 Å². The van der Waals surface area contributed by atoms with Crippen LogP contribution in [0, 0.1) is 0 Å². The number of benzene rings is 1. The third-order valence-corrected chi connectivity index (χ3v) is 6.45. The fourth-order valence-electron chi connectivity index (χ4n) is 2.86. The number of halogens is 2. The van der Waals surface area contributed by atoms with Crippen molar-refractivity contribution in [3.05, 3.63) is 28.2 Å². The number of amides is 1. The zero-order valence-corrected chi connectivity index (χ0v) is 17.3. The van der Waals surface area contributed by atoms with E-state index in [2.05, 4.69) is 0 Å². The predicted molar refractivity (Wildman–Crippen MR) is 102 cm³/mol. The Morgan fingerprint density at radius 1 is 1.33 bits per heavy atom. The number of hydrogen-bond donors (Lipinski definition) is 0. The molecule has 1 saturated heterocycles. The third kappa shape index (κ3) is 5.99. The lowest BCUT2D eigenvalue weighted by Crippen LogP contribution is -2.46. The molecule has 1 amide bonds. The molecular weight excluding hydrogens is 417 g/mol. The first-order valence-corrected chi connectivity index (χ1v) is 11.0. The van der Waals surface area contributed by atoms with Crippen LogP contribution in [0.4, 0.5) is 0 Å². The molecule has 2 unspecified atom stereocenters. The maximum Gasteiger partial charge on any atom is 0.344 e. The van der Waals surface area contributed by atoms with Gasteiger partial charge in [0.05, 0.1) is 16.5 Å². The molecule has 1 fully saturated rings. The maximum absolute atomic E-state index is 12.6. The number of carbonyl (C=O) groups is 2. The molecule has 1 aromatic carbocycles. The Morgan fingerprint density at radius 3 is 2.59 bits per heavy atom. The quantitative estimate of drug-likeness (QED) is 0.608. The third-order valence-electron chi connectivity index (χ3n) is 4.17. The van der Waals surface area contributed by atoms with Crippen molar-refractivity contribution in [3.8, 4) is 5.75 Å². The molecule has 0 aromatic heterocycles. The van der Waals surface area contributed by atoms with E-state index in [1.807, 2.05) is 0 Å². The zero-order valence-electron chi connectivity index (χ0n) is 15.0. The Hall–Kier alpha value is -1.51. The van der Waals surface area contributed by atoms with Gasteiger partial charge in [-0.15, -0.1) is 0 Å². The number of hydrogen-bond acceptors (Lipinski definition) is 6. The molecule has 0 bridgehead atoms. The lowest BCUT2D eigenvalue weighted by Gasteiger charge is -2.29. The van der Waals surface area contributed by atoms with Gasteiger partial charge in [0.2, 0.25) is 0 Å². The number of rotatable bonds is 7. The molecule has 0 saturated carbocycles. The lowest BCUT2D eigenvalue weighted by atomic mass is 10.2. The molecule has 150 valence electrons. The van der Waals surface area contributed by atoms with Crippen molar-refractivity contribution in [1.29, 1.82) is 0 Å². The van der Waals surface area contributed by atoms with Gasteiger partial charge < -0.3 is 14.4 Å². The highest BCUT2D eigenvalue weighted by Crippen LogP contribution is 2.27. The molecular formula is C17H21Cl2NO6S. The van der Waals surface area contributed by atoms with E-state index in [-0.39, 0.29) is 22.3 Å². The molecule has 1 aliphatic rings. The zero-order chi connectivity index (χ0) is 20.2. The number of nitrogens with zero attached hydrogens (tertiary/aromatic N) is 1. The van der Waals surface area contributed by atoms with Crippen LogP contribution in [0.5, 0.6) is 5.75 Å². The summed E-state index contributed by atoms with van der Waals surface area (Å²) in [6, 6.07) is 4.17. The number of likely N-dealkylation sites (N-methyl/N-ethyl adjacent to an activating group) is 1. The van der Waals surface area contributed by atoms with Gasteiger partial charge in [-0.1, -0.05) is 23.2 Å². The molecule has 1 heterocycles. The molecule has 2 rings (SSSR count). The van der Waals surface area contributed by atoms with Crippen LogP contribution >= 0.6 is 23.2 Å². The van der Waals surface area contributed by atoms with Crippen molar-refractivity contribution in [2.45, 2.75) is 32.4 Å². The summed E-state index contributed by atoms with van der Waals surface area (Å²) < 4.78 is 33.7. The van der Waals surface area contributed by atoms with Crippen LogP contribution in [0.3, 0.4) is 0 Å². The Bertz CT molecular complexity index is 814. The molecule has 0 aliphatic carbocycles. The minimum absolute atomic E-state index is 0.0608. The van der Waals surface area contributed by atoms with Gasteiger partial charge in [0.1, 0.15) is 5.75 Å². The largest absolute Gasteiger partial charge is 0.480 e. The molecule has 7 nitrogen and oxygen atoms in total. The summed E-state index contributed by atoms with van der Waals surface area (Å²) in [4.78, 5) is 26.0. The second-order valence-electron chi connectivity index (χ2n) is 6.18. The van der Waals surface area contributed by atoms with Crippen LogP contribution in [0.15, 0.2) is 18.2 Å². The number of esters is 1. The van der Waals surface area contributed by atoms with Gasteiger partial charge in [0.15, 0.2) is 22.5 Å². The first-order chi connectivity index (χ1) is 12.6.